The molecular formula is C36H37FN6O5. The predicted octanol–water partition coefficient (Wildman–Crippen LogP) is 4.70. The molecule has 12 heteroatoms. The summed E-state index contributed by atoms with van der Waals surface area (Å²) < 4.78 is 23.7. The molecule has 0 radical (unpaired) electrons. The largest absolute Gasteiger partial charge is 0.496 e. The molecule has 0 aliphatic carbocycles. The number of aryl methyl sites for hydroxylation is 1. The van der Waals surface area contributed by atoms with Crippen molar-refractivity contribution in [3.63, 3.8) is 0 Å². The lowest BCUT2D eigenvalue weighted by molar-refractivity contribution is -0.135. The molecule has 1 unspecified atom stereocenters. The monoisotopic (exact) mass is 652 g/mol. The second kappa shape index (κ2) is 12.0. The Morgan fingerprint density at radius 2 is 1.69 bits per heavy atom. The number of anilines is 1. The van der Waals surface area contributed by atoms with Crippen LogP contribution in [0.25, 0.3) is 33.1 Å². The van der Waals surface area contributed by atoms with Gasteiger partial charge < -0.3 is 19.5 Å². The number of H-pyrrole nitrogens is 1. The van der Waals surface area contributed by atoms with E-state index in [0.717, 1.165) is 53.8 Å². The van der Waals surface area contributed by atoms with E-state index >= 15 is 0 Å². The zero-order valence-electron chi connectivity index (χ0n) is 27.3. The Labute approximate surface area is 275 Å². The number of hydrogen-bond acceptors (Lipinski definition) is 6. The first-order valence-electron chi connectivity index (χ1n) is 16.1. The number of imidazole rings is 1. The number of ether oxygens (including phenoxy) is 1. The molecule has 2 N–H and O–H groups in total. The Hall–Kier alpha value is -5.39. The lowest BCUT2D eigenvalue weighted by Gasteiger charge is -2.34. The van der Waals surface area contributed by atoms with Gasteiger partial charge in [-0.25, -0.2) is 9.18 Å². The molecule has 2 saturated heterocycles. The van der Waals surface area contributed by atoms with Crippen molar-refractivity contribution in [3.8, 4) is 16.9 Å². The second-order valence-electron chi connectivity index (χ2n) is 12.8. The number of piperidine rings is 2. The summed E-state index contributed by atoms with van der Waals surface area (Å²) in [6.07, 6.45) is 2.31. The van der Waals surface area contributed by atoms with E-state index in [9.17, 15) is 23.6 Å². The van der Waals surface area contributed by atoms with Crippen molar-refractivity contribution in [2.24, 2.45) is 7.05 Å². The Morgan fingerprint density at radius 3 is 2.40 bits per heavy atom. The van der Waals surface area contributed by atoms with Gasteiger partial charge in [0.15, 0.2) is 0 Å². The second-order valence-corrected chi connectivity index (χ2v) is 12.8. The zero-order valence-corrected chi connectivity index (χ0v) is 27.3. The van der Waals surface area contributed by atoms with Crippen LogP contribution in [0.15, 0.2) is 59.4 Å². The molecule has 1 atom stereocenters. The van der Waals surface area contributed by atoms with Crippen molar-refractivity contribution in [1.82, 2.24) is 24.3 Å². The molecule has 3 aromatic carbocycles. The highest BCUT2D eigenvalue weighted by Gasteiger charge is 2.32. The molecule has 248 valence electrons. The number of hydrogen-bond donors (Lipinski definition) is 2. The summed E-state index contributed by atoms with van der Waals surface area (Å²) in [7, 11) is 6.64. The summed E-state index contributed by atoms with van der Waals surface area (Å²) in [5, 5.41) is 2.97. The fourth-order valence-corrected chi connectivity index (χ4v) is 7.21. The lowest BCUT2D eigenvalue weighted by atomic mass is 9.87. The van der Waals surface area contributed by atoms with Crippen molar-refractivity contribution in [2.45, 2.75) is 37.6 Å². The van der Waals surface area contributed by atoms with Crippen molar-refractivity contribution in [2.75, 3.05) is 39.2 Å². The van der Waals surface area contributed by atoms with Crippen LogP contribution in [0.5, 0.6) is 5.75 Å². The number of imide groups is 1. The number of nitrogens with zero attached hydrogens (tertiary/aromatic N) is 4. The van der Waals surface area contributed by atoms with Crippen LogP contribution in [0.4, 0.5) is 10.1 Å². The third-order valence-corrected chi connectivity index (χ3v) is 9.82. The van der Waals surface area contributed by atoms with Crippen molar-refractivity contribution < 1.29 is 23.5 Å². The molecule has 2 aliphatic rings. The van der Waals surface area contributed by atoms with Gasteiger partial charge in [0.25, 0.3) is 5.91 Å². The Kier molecular flexibility index (Phi) is 7.81. The molecule has 2 aliphatic heterocycles. The standard InChI is InChI=1S/C36H37FN6O5/c1-40(2)35(46)27-19-25-23(8-9-26(37)33(25)38-27)24-7-5-21(17-31(24)48-4)20-13-15-42(16-14-20)22-6-10-28-30(18-22)41(3)36(47)43(28)29-11-12-32(44)39-34(29)45/h5-10,17-20,29,38H,11-16H2,1-4H3,(H,39,44,45). The SMILES string of the molecule is COc1cc(C2CCN(c3ccc4c(c3)n(C)c(=O)n4C3CCC(=O)NC3=O)CC2)ccc1-c1ccc(F)c2[nH]c(C(=O)N(C)C)cc12. The zero-order chi connectivity index (χ0) is 33.9. The first-order valence-corrected chi connectivity index (χ1v) is 16.1. The number of carbonyl (C=O) groups is 3. The van der Waals surface area contributed by atoms with Crippen LogP contribution in [0.1, 0.15) is 53.7 Å². The molecule has 2 aromatic heterocycles. The number of amides is 3. The number of carbonyl (C=O) groups excluding carboxylic acids is 3. The highest BCUT2D eigenvalue weighted by Crippen LogP contribution is 2.40. The number of nitrogens with one attached hydrogen (secondary N) is 2. The van der Waals surface area contributed by atoms with Gasteiger partial charge in [-0.05, 0) is 72.7 Å². The number of methoxy groups -OCH3 is 1. The maximum atomic E-state index is 14.8. The van der Waals surface area contributed by atoms with Crippen molar-refractivity contribution >= 4 is 45.3 Å². The van der Waals surface area contributed by atoms with E-state index in [0.29, 0.717) is 34.7 Å². The van der Waals surface area contributed by atoms with Crippen LogP contribution < -0.4 is 20.6 Å². The molecule has 11 nitrogen and oxygen atoms in total. The minimum absolute atomic E-state index is 0.198. The normalized spacial score (nSPS) is 17.3. The number of halogens is 1. The summed E-state index contributed by atoms with van der Waals surface area (Å²) in [6, 6.07) is 16.1. The number of fused-ring (bicyclic) bond motifs is 2. The van der Waals surface area contributed by atoms with Gasteiger partial charge >= 0.3 is 5.69 Å². The molecule has 5 aromatic rings. The van der Waals surface area contributed by atoms with Gasteiger partial charge in [-0.1, -0.05) is 18.2 Å². The average molecular weight is 653 g/mol. The smallest absolute Gasteiger partial charge is 0.329 e. The van der Waals surface area contributed by atoms with E-state index in [-0.39, 0.29) is 29.4 Å². The summed E-state index contributed by atoms with van der Waals surface area (Å²) in [4.78, 5) is 56.8. The molecule has 0 spiro atoms. The van der Waals surface area contributed by atoms with E-state index < -0.39 is 17.8 Å². The number of benzene rings is 3. The van der Waals surface area contributed by atoms with Crippen LogP contribution in [0.3, 0.4) is 0 Å². The van der Waals surface area contributed by atoms with Crippen molar-refractivity contribution in [1.29, 1.82) is 0 Å². The minimum Gasteiger partial charge on any atom is -0.496 e. The van der Waals surface area contributed by atoms with Crippen LogP contribution in [0.2, 0.25) is 0 Å². The number of aromatic nitrogens is 3. The first kappa shape index (κ1) is 31.2. The quantitative estimate of drug-likeness (QED) is 0.257. The minimum atomic E-state index is -0.717. The van der Waals surface area contributed by atoms with Crippen LogP contribution in [0, 0.1) is 5.82 Å². The molecule has 4 heterocycles. The predicted molar refractivity (Wildman–Crippen MR) is 181 cm³/mol. The van der Waals surface area contributed by atoms with Crippen LogP contribution >= 0.6 is 0 Å². The first-order chi connectivity index (χ1) is 23.0. The lowest BCUT2D eigenvalue weighted by Crippen LogP contribution is -2.44. The Balaban J connectivity index is 1.11. The van der Waals surface area contributed by atoms with E-state index in [1.165, 1.54) is 15.5 Å². The summed E-state index contributed by atoms with van der Waals surface area (Å²) in [5.74, 6) is -0.449. The highest BCUT2D eigenvalue weighted by atomic mass is 19.1. The Morgan fingerprint density at radius 1 is 0.938 bits per heavy atom. The molecule has 0 bridgehead atoms. The van der Waals surface area contributed by atoms with E-state index in [1.807, 2.05) is 24.3 Å². The molecule has 7 rings (SSSR count). The average Bonchev–Trinajstić information content (AvgIpc) is 3.64. The summed E-state index contributed by atoms with van der Waals surface area (Å²) in [6.45, 7) is 1.62. The highest BCUT2D eigenvalue weighted by molar-refractivity contribution is 6.04. The van der Waals surface area contributed by atoms with Gasteiger partial charge in [0.2, 0.25) is 11.8 Å². The van der Waals surface area contributed by atoms with E-state index in [4.69, 9.17) is 4.74 Å². The molecule has 3 amide bonds. The fourth-order valence-electron chi connectivity index (χ4n) is 7.21. The topological polar surface area (TPSA) is 122 Å². The summed E-state index contributed by atoms with van der Waals surface area (Å²) >= 11 is 0. The number of aromatic amines is 1. The third kappa shape index (κ3) is 5.21. The Bertz CT molecular complexity index is 2170. The van der Waals surface area contributed by atoms with Crippen molar-refractivity contribution in [3.05, 3.63) is 82.2 Å². The van der Waals surface area contributed by atoms with Gasteiger partial charge in [-0.2, -0.15) is 0 Å². The van der Waals surface area contributed by atoms with E-state index in [2.05, 4.69) is 27.3 Å². The van der Waals surface area contributed by atoms with Crippen LogP contribution in [-0.2, 0) is 16.6 Å². The van der Waals surface area contributed by atoms with Gasteiger partial charge in [0.1, 0.15) is 23.3 Å². The molecule has 48 heavy (non-hydrogen) atoms. The molecule has 2 fully saturated rings. The van der Waals surface area contributed by atoms with Gasteiger partial charge in [0.05, 0.1) is 23.7 Å². The number of rotatable bonds is 6. The van der Waals surface area contributed by atoms with E-state index in [1.54, 1.807) is 45.0 Å². The van der Waals surface area contributed by atoms with Gasteiger partial charge in [-0.3, -0.25) is 28.8 Å². The summed E-state index contributed by atoms with van der Waals surface area (Å²) in [5.41, 5.74) is 5.47. The maximum absolute atomic E-state index is 14.8. The molecule has 0 saturated carbocycles. The van der Waals surface area contributed by atoms with Gasteiger partial charge in [-0.15, -0.1) is 0 Å². The molecular weight excluding hydrogens is 615 g/mol. The maximum Gasteiger partial charge on any atom is 0.329 e. The van der Waals surface area contributed by atoms with Gasteiger partial charge in [0, 0.05) is 57.3 Å². The fraction of sp³-hybridized carbons (Fsp3) is 0.333. The third-order valence-electron chi connectivity index (χ3n) is 9.82. The van der Waals surface area contributed by atoms with Crippen LogP contribution in [-0.4, -0.2) is 71.0 Å².